The van der Waals surface area contributed by atoms with Crippen molar-refractivity contribution in [3.8, 4) is 5.19 Å². The Balaban J connectivity index is 2.02. The zero-order chi connectivity index (χ0) is 12.5. The lowest BCUT2D eigenvalue weighted by Crippen LogP contribution is -2.27. The Morgan fingerprint density at radius 3 is 2.71 bits per heavy atom. The fourth-order valence-corrected chi connectivity index (χ4v) is 2.55. The van der Waals surface area contributed by atoms with Gasteiger partial charge in [0, 0.05) is 5.92 Å². The molecule has 17 heavy (non-hydrogen) atoms. The van der Waals surface area contributed by atoms with Gasteiger partial charge in [0.2, 0.25) is 5.01 Å². The average Bonchev–Trinajstić information content (AvgIpc) is 2.86. The van der Waals surface area contributed by atoms with Crippen LogP contribution in [-0.4, -0.2) is 22.8 Å². The predicted molar refractivity (Wildman–Crippen MR) is 55.7 cm³/mol. The first kappa shape index (κ1) is 12.6. The average molecular weight is 267 g/mol. The Bertz CT molecular complexity index is 382. The van der Waals surface area contributed by atoms with E-state index in [0.29, 0.717) is 17.9 Å². The molecular weight excluding hydrogens is 255 g/mol. The van der Waals surface area contributed by atoms with Crippen LogP contribution in [-0.2, 0) is 6.18 Å². The molecule has 0 spiro atoms. The maximum Gasteiger partial charge on any atom is 0.445 e. The topological polar surface area (TPSA) is 61.0 Å². The summed E-state index contributed by atoms with van der Waals surface area (Å²) < 4.78 is 42.3. The van der Waals surface area contributed by atoms with E-state index in [1.807, 2.05) is 0 Å². The molecule has 2 atom stereocenters. The monoisotopic (exact) mass is 267 g/mol. The van der Waals surface area contributed by atoms with Gasteiger partial charge in [-0.3, -0.25) is 0 Å². The molecule has 0 saturated heterocycles. The van der Waals surface area contributed by atoms with Gasteiger partial charge >= 0.3 is 6.18 Å². The van der Waals surface area contributed by atoms with Crippen LogP contribution in [0.15, 0.2) is 0 Å². The number of halogens is 3. The summed E-state index contributed by atoms with van der Waals surface area (Å²) in [7, 11) is 0. The van der Waals surface area contributed by atoms with E-state index in [0.717, 1.165) is 19.3 Å². The van der Waals surface area contributed by atoms with Crippen molar-refractivity contribution in [1.82, 2.24) is 10.2 Å². The third-order valence-electron chi connectivity index (χ3n) is 2.79. The Labute approximate surface area is 100.0 Å². The summed E-state index contributed by atoms with van der Waals surface area (Å²) in [6, 6.07) is 0. The van der Waals surface area contributed by atoms with Crippen LogP contribution < -0.4 is 10.5 Å². The standard InChI is InChI=1S/C9H12F3N3OS/c10-9(11,12)7-14-15-8(17-7)16-6-3-1-2-5(6)4-13/h5-6H,1-4,13H2. The molecule has 1 aromatic rings. The quantitative estimate of drug-likeness (QED) is 0.910. The van der Waals surface area contributed by atoms with E-state index < -0.39 is 11.2 Å². The Morgan fingerprint density at radius 2 is 2.12 bits per heavy atom. The highest BCUT2D eigenvalue weighted by atomic mass is 32.1. The highest BCUT2D eigenvalue weighted by Crippen LogP contribution is 2.36. The summed E-state index contributed by atoms with van der Waals surface area (Å²) in [6.07, 6.45) is -1.84. The second-order valence-electron chi connectivity index (χ2n) is 3.95. The lowest BCUT2D eigenvalue weighted by molar-refractivity contribution is -0.138. The van der Waals surface area contributed by atoms with Gasteiger partial charge in [-0.1, -0.05) is 16.4 Å². The summed E-state index contributed by atoms with van der Waals surface area (Å²) in [6.45, 7) is 0.482. The van der Waals surface area contributed by atoms with Gasteiger partial charge in [0.25, 0.3) is 5.19 Å². The molecule has 1 aliphatic rings. The Kier molecular flexibility index (Phi) is 3.53. The summed E-state index contributed by atoms with van der Waals surface area (Å²) in [5.74, 6) is 0.202. The van der Waals surface area contributed by atoms with Crippen LogP contribution in [0.2, 0.25) is 0 Å². The van der Waals surface area contributed by atoms with Gasteiger partial charge < -0.3 is 10.5 Å². The lowest BCUT2D eigenvalue weighted by atomic mass is 10.1. The summed E-state index contributed by atoms with van der Waals surface area (Å²) in [5, 5.41) is 5.47. The molecule has 96 valence electrons. The van der Waals surface area contributed by atoms with Gasteiger partial charge in [-0.15, -0.1) is 5.10 Å². The van der Waals surface area contributed by atoms with Crippen LogP contribution in [0.3, 0.4) is 0 Å². The maximum atomic E-state index is 12.3. The molecule has 1 saturated carbocycles. The second-order valence-corrected chi connectivity index (χ2v) is 4.89. The Morgan fingerprint density at radius 1 is 1.35 bits per heavy atom. The van der Waals surface area contributed by atoms with Gasteiger partial charge in [0.05, 0.1) is 0 Å². The smallest absolute Gasteiger partial charge is 0.445 e. The van der Waals surface area contributed by atoms with Gasteiger partial charge in [-0.2, -0.15) is 13.2 Å². The van der Waals surface area contributed by atoms with E-state index in [2.05, 4.69) is 10.2 Å². The summed E-state index contributed by atoms with van der Waals surface area (Å²) in [4.78, 5) is 0. The molecule has 2 N–H and O–H groups in total. The number of nitrogens with two attached hydrogens (primary N) is 1. The van der Waals surface area contributed by atoms with Crippen LogP contribution in [0.5, 0.6) is 5.19 Å². The molecule has 0 radical (unpaired) electrons. The number of alkyl halides is 3. The maximum absolute atomic E-state index is 12.3. The highest BCUT2D eigenvalue weighted by molar-refractivity contribution is 7.13. The number of aromatic nitrogens is 2. The largest absolute Gasteiger partial charge is 0.465 e. The van der Waals surface area contributed by atoms with E-state index in [1.54, 1.807) is 0 Å². The molecule has 0 aliphatic heterocycles. The van der Waals surface area contributed by atoms with Gasteiger partial charge in [-0.25, -0.2) is 0 Å². The van der Waals surface area contributed by atoms with E-state index >= 15 is 0 Å². The van der Waals surface area contributed by atoms with Crippen LogP contribution in [0.25, 0.3) is 0 Å². The third-order valence-corrected chi connectivity index (χ3v) is 3.65. The first-order chi connectivity index (χ1) is 8.00. The van der Waals surface area contributed by atoms with E-state index in [-0.39, 0.29) is 17.2 Å². The minimum absolute atomic E-state index is 0.0253. The first-order valence-corrected chi connectivity index (χ1v) is 6.10. The highest BCUT2D eigenvalue weighted by Gasteiger charge is 2.37. The minimum atomic E-state index is -4.46. The zero-order valence-electron chi connectivity index (χ0n) is 8.91. The number of hydrogen-bond acceptors (Lipinski definition) is 5. The summed E-state index contributed by atoms with van der Waals surface area (Å²) >= 11 is 0.429. The van der Waals surface area contributed by atoms with Crippen molar-refractivity contribution in [3.05, 3.63) is 5.01 Å². The van der Waals surface area contributed by atoms with Crippen LogP contribution in [0.4, 0.5) is 13.2 Å². The molecule has 0 amide bonds. The lowest BCUT2D eigenvalue weighted by Gasteiger charge is -2.17. The Hall–Kier alpha value is -0.890. The fourth-order valence-electron chi connectivity index (χ4n) is 1.93. The molecule has 2 rings (SSSR count). The molecule has 1 aromatic heterocycles. The van der Waals surface area contributed by atoms with Gasteiger partial charge in [0.1, 0.15) is 6.10 Å². The van der Waals surface area contributed by atoms with Gasteiger partial charge in [-0.05, 0) is 25.8 Å². The summed E-state index contributed by atoms with van der Waals surface area (Å²) in [5.41, 5.74) is 5.56. The van der Waals surface area contributed by atoms with E-state index in [9.17, 15) is 13.2 Å². The first-order valence-electron chi connectivity index (χ1n) is 5.28. The molecule has 1 aliphatic carbocycles. The molecule has 4 nitrogen and oxygen atoms in total. The van der Waals surface area contributed by atoms with Crippen molar-refractivity contribution in [2.24, 2.45) is 11.7 Å². The molecular formula is C9H12F3N3OS. The SMILES string of the molecule is NCC1CCCC1Oc1nnc(C(F)(F)F)s1. The normalized spacial score (nSPS) is 25.2. The fraction of sp³-hybridized carbons (Fsp3) is 0.778. The van der Waals surface area contributed by atoms with Crippen LogP contribution in [0.1, 0.15) is 24.3 Å². The van der Waals surface area contributed by atoms with Crippen LogP contribution >= 0.6 is 11.3 Å². The molecule has 1 heterocycles. The second kappa shape index (κ2) is 4.77. The van der Waals surface area contributed by atoms with Crippen molar-refractivity contribution >= 4 is 11.3 Å². The van der Waals surface area contributed by atoms with Crippen molar-refractivity contribution in [2.75, 3.05) is 6.54 Å². The predicted octanol–water partition coefficient (Wildman–Crippen LogP) is 2.06. The minimum Gasteiger partial charge on any atom is -0.465 e. The van der Waals surface area contributed by atoms with E-state index in [4.69, 9.17) is 10.5 Å². The molecule has 2 unspecified atom stereocenters. The number of nitrogens with zero attached hydrogens (tertiary/aromatic N) is 2. The third kappa shape index (κ3) is 2.86. The van der Waals surface area contributed by atoms with Crippen molar-refractivity contribution in [1.29, 1.82) is 0 Å². The molecule has 0 bridgehead atoms. The van der Waals surface area contributed by atoms with E-state index in [1.165, 1.54) is 0 Å². The van der Waals surface area contributed by atoms with Crippen LogP contribution in [0, 0.1) is 5.92 Å². The van der Waals surface area contributed by atoms with Gasteiger partial charge in [0.15, 0.2) is 0 Å². The molecule has 0 aromatic carbocycles. The van der Waals surface area contributed by atoms with Crippen molar-refractivity contribution < 1.29 is 17.9 Å². The molecule has 1 fully saturated rings. The number of rotatable bonds is 3. The van der Waals surface area contributed by atoms with Crippen molar-refractivity contribution in [2.45, 2.75) is 31.5 Å². The zero-order valence-corrected chi connectivity index (χ0v) is 9.72. The van der Waals surface area contributed by atoms with Crippen molar-refractivity contribution in [3.63, 3.8) is 0 Å². The molecule has 8 heteroatoms. The number of hydrogen-bond donors (Lipinski definition) is 1. The number of ether oxygens (including phenoxy) is 1.